The Morgan fingerprint density at radius 3 is 2.60 bits per heavy atom. The molecule has 4 rings (SSSR count). The first-order chi connectivity index (χ1) is 14.7. The van der Waals surface area contributed by atoms with E-state index in [1.807, 2.05) is 73.7 Å². The van der Waals surface area contributed by atoms with Gasteiger partial charge in [0.05, 0.1) is 6.61 Å². The lowest BCUT2D eigenvalue weighted by molar-refractivity contribution is -0.116. The standard InChI is InChI=1S/C24H24N4O2/c1-2-30-20-15-13-18(14-16-20)26-23(29)12-6-11-22-27-21-10-7-17-25-24(21)28(22)19-8-4-3-5-9-19/h3-5,7-10,13-17H,2,6,11-12H2,1H3,(H,26,29). The van der Waals surface area contributed by atoms with Crippen LogP contribution in [0.3, 0.4) is 0 Å². The molecule has 0 unspecified atom stereocenters. The summed E-state index contributed by atoms with van der Waals surface area (Å²) < 4.78 is 7.49. The molecule has 0 radical (unpaired) electrons. The Morgan fingerprint density at radius 1 is 1.03 bits per heavy atom. The second-order valence-electron chi connectivity index (χ2n) is 6.90. The average molecular weight is 400 g/mol. The van der Waals surface area contributed by atoms with Gasteiger partial charge >= 0.3 is 0 Å². The van der Waals surface area contributed by atoms with Crippen LogP contribution in [0.5, 0.6) is 5.75 Å². The largest absolute Gasteiger partial charge is 0.494 e. The van der Waals surface area contributed by atoms with E-state index in [0.29, 0.717) is 25.9 Å². The Balaban J connectivity index is 1.42. The first-order valence-corrected chi connectivity index (χ1v) is 10.1. The van der Waals surface area contributed by atoms with Crippen molar-refractivity contribution < 1.29 is 9.53 Å². The van der Waals surface area contributed by atoms with Crippen LogP contribution in [0.15, 0.2) is 72.9 Å². The van der Waals surface area contributed by atoms with Crippen LogP contribution in [0.1, 0.15) is 25.6 Å². The van der Waals surface area contributed by atoms with E-state index < -0.39 is 0 Å². The molecule has 6 nitrogen and oxygen atoms in total. The number of imidazole rings is 1. The summed E-state index contributed by atoms with van der Waals surface area (Å²) >= 11 is 0. The molecule has 0 bridgehead atoms. The molecule has 2 aromatic carbocycles. The molecule has 0 saturated heterocycles. The van der Waals surface area contributed by atoms with Crippen LogP contribution in [-0.2, 0) is 11.2 Å². The first kappa shape index (κ1) is 19.6. The van der Waals surface area contributed by atoms with Crippen LogP contribution in [-0.4, -0.2) is 27.0 Å². The lowest BCUT2D eigenvalue weighted by atomic mass is 10.2. The van der Waals surface area contributed by atoms with Gasteiger partial charge in [-0.05, 0) is 61.9 Å². The van der Waals surface area contributed by atoms with Gasteiger partial charge in [0.2, 0.25) is 5.91 Å². The number of carbonyl (C=O) groups excluding carboxylic acids is 1. The number of aryl methyl sites for hydroxylation is 1. The van der Waals surface area contributed by atoms with E-state index in [1.165, 1.54) is 0 Å². The fraction of sp³-hybridized carbons (Fsp3) is 0.208. The molecule has 30 heavy (non-hydrogen) atoms. The van der Waals surface area contributed by atoms with Crippen LogP contribution >= 0.6 is 0 Å². The smallest absolute Gasteiger partial charge is 0.224 e. The molecule has 0 saturated carbocycles. The van der Waals surface area contributed by atoms with Gasteiger partial charge < -0.3 is 10.1 Å². The van der Waals surface area contributed by atoms with E-state index >= 15 is 0 Å². The number of ether oxygens (including phenoxy) is 1. The monoisotopic (exact) mass is 400 g/mol. The van der Waals surface area contributed by atoms with Crippen molar-refractivity contribution in [1.29, 1.82) is 0 Å². The van der Waals surface area contributed by atoms with Gasteiger partial charge in [-0.25, -0.2) is 9.97 Å². The number of benzene rings is 2. The fourth-order valence-electron chi connectivity index (χ4n) is 3.41. The van der Waals surface area contributed by atoms with Crippen molar-refractivity contribution in [2.45, 2.75) is 26.2 Å². The maximum atomic E-state index is 12.4. The van der Waals surface area contributed by atoms with Crippen molar-refractivity contribution in [2.75, 3.05) is 11.9 Å². The third-order valence-corrected chi connectivity index (χ3v) is 4.75. The zero-order valence-electron chi connectivity index (χ0n) is 16.9. The summed E-state index contributed by atoms with van der Waals surface area (Å²) in [6.07, 6.45) is 3.57. The molecule has 0 spiro atoms. The molecule has 1 amide bonds. The zero-order chi connectivity index (χ0) is 20.8. The fourth-order valence-corrected chi connectivity index (χ4v) is 3.41. The van der Waals surface area contributed by atoms with Gasteiger partial charge in [0, 0.05) is 30.4 Å². The normalized spacial score (nSPS) is 10.8. The van der Waals surface area contributed by atoms with Gasteiger partial charge in [0.1, 0.15) is 17.1 Å². The summed E-state index contributed by atoms with van der Waals surface area (Å²) in [4.78, 5) is 21.6. The van der Waals surface area contributed by atoms with Crippen molar-refractivity contribution in [2.24, 2.45) is 0 Å². The third-order valence-electron chi connectivity index (χ3n) is 4.75. The zero-order valence-corrected chi connectivity index (χ0v) is 16.9. The van der Waals surface area contributed by atoms with Crippen molar-refractivity contribution in [1.82, 2.24) is 14.5 Å². The Labute approximate surface area is 175 Å². The molecule has 0 fully saturated rings. The maximum absolute atomic E-state index is 12.4. The highest BCUT2D eigenvalue weighted by Crippen LogP contribution is 2.21. The Kier molecular flexibility index (Phi) is 6.03. The number of nitrogens with one attached hydrogen (secondary N) is 1. The lowest BCUT2D eigenvalue weighted by Crippen LogP contribution is -2.12. The highest BCUT2D eigenvalue weighted by atomic mass is 16.5. The molecule has 152 valence electrons. The maximum Gasteiger partial charge on any atom is 0.224 e. The SMILES string of the molecule is CCOc1ccc(NC(=O)CCCc2nc3cccnc3n2-c2ccccc2)cc1. The second-order valence-corrected chi connectivity index (χ2v) is 6.90. The summed E-state index contributed by atoms with van der Waals surface area (Å²) in [5, 5.41) is 2.94. The number of pyridine rings is 1. The predicted molar refractivity (Wildman–Crippen MR) is 118 cm³/mol. The van der Waals surface area contributed by atoms with Gasteiger partial charge in [-0.2, -0.15) is 0 Å². The highest BCUT2D eigenvalue weighted by molar-refractivity contribution is 5.90. The summed E-state index contributed by atoms with van der Waals surface area (Å²) in [7, 11) is 0. The van der Waals surface area contributed by atoms with E-state index in [-0.39, 0.29) is 5.91 Å². The van der Waals surface area contributed by atoms with Crippen molar-refractivity contribution in [3.63, 3.8) is 0 Å². The molecular weight excluding hydrogens is 376 g/mol. The van der Waals surface area contributed by atoms with Gasteiger partial charge in [-0.15, -0.1) is 0 Å². The van der Waals surface area contributed by atoms with Gasteiger partial charge in [-0.3, -0.25) is 9.36 Å². The number of amides is 1. The Bertz CT molecular complexity index is 1120. The van der Waals surface area contributed by atoms with Crippen LogP contribution in [0.2, 0.25) is 0 Å². The molecule has 2 aromatic heterocycles. The molecule has 1 N–H and O–H groups in total. The lowest BCUT2D eigenvalue weighted by Gasteiger charge is -2.09. The average Bonchev–Trinajstić information content (AvgIpc) is 3.14. The van der Waals surface area contributed by atoms with Crippen molar-refractivity contribution >= 4 is 22.8 Å². The summed E-state index contributed by atoms with van der Waals surface area (Å²) in [6.45, 7) is 2.56. The van der Waals surface area contributed by atoms with Crippen molar-refractivity contribution in [3.8, 4) is 11.4 Å². The molecule has 2 heterocycles. The van der Waals surface area contributed by atoms with Crippen LogP contribution in [0.25, 0.3) is 16.9 Å². The number of hydrogen-bond acceptors (Lipinski definition) is 4. The minimum absolute atomic E-state index is 0.0142. The number of rotatable bonds is 8. The summed E-state index contributed by atoms with van der Waals surface area (Å²) in [5.41, 5.74) is 3.48. The Morgan fingerprint density at radius 2 is 1.83 bits per heavy atom. The molecular formula is C24H24N4O2. The minimum atomic E-state index is -0.0142. The minimum Gasteiger partial charge on any atom is -0.494 e. The molecule has 0 aliphatic heterocycles. The molecule has 6 heteroatoms. The van der Waals surface area contributed by atoms with Gasteiger partial charge in [-0.1, -0.05) is 18.2 Å². The van der Waals surface area contributed by atoms with E-state index in [0.717, 1.165) is 34.1 Å². The molecule has 4 aromatic rings. The van der Waals surface area contributed by atoms with E-state index in [2.05, 4.69) is 14.9 Å². The van der Waals surface area contributed by atoms with Crippen LogP contribution in [0, 0.1) is 0 Å². The van der Waals surface area contributed by atoms with Gasteiger partial charge in [0.15, 0.2) is 5.65 Å². The first-order valence-electron chi connectivity index (χ1n) is 10.1. The number of fused-ring (bicyclic) bond motifs is 1. The number of aromatic nitrogens is 3. The molecule has 0 atom stereocenters. The number of hydrogen-bond donors (Lipinski definition) is 1. The van der Waals surface area contributed by atoms with E-state index in [1.54, 1.807) is 6.20 Å². The molecule has 0 aliphatic rings. The predicted octanol–water partition coefficient (Wildman–Crippen LogP) is 4.78. The van der Waals surface area contributed by atoms with Gasteiger partial charge in [0.25, 0.3) is 0 Å². The van der Waals surface area contributed by atoms with E-state index in [4.69, 9.17) is 9.72 Å². The topological polar surface area (TPSA) is 69.0 Å². The van der Waals surface area contributed by atoms with Crippen LogP contribution in [0.4, 0.5) is 5.69 Å². The van der Waals surface area contributed by atoms with Crippen molar-refractivity contribution in [3.05, 3.63) is 78.8 Å². The summed E-state index contributed by atoms with van der Waals surface area (Å²) in [5.74, 6) is 1.69. The van der Waals surface area contributed by atoms with E-state index in [9.17, 15) is 4.79 Å². The number of nitrogens with zero attached hydrogens (tertiary/aromatic N) is 3. The quantitative estimate of drug-likeness (QED) is 0.462. The highest BCUT2D eigenvalue weighted by Gasteiger charge is 2.13. The summed E-state index contributed by atoms with van der Waals surface area (Å²) in [6, 6.07) is 21.3. The third kappa shape index (κ3) is 4.49. The molecule has 0 aliphatic carbocycles. The number of carbonyl (C=O) groups is 1. The van der Waals surface area contributed by atoms with Crippen LogP contribution < -0.4 is 10.1 Å². The second kappa shape index (κ2) is 9.22. The Hall–Kier alpha value is -3.67. The number of para-hydroxylation sites is 1. The number of anilines is 1.